The fraction of sp³-hybridized carbons (Fsp3) is 0.182. The molecule has 0 radical (unpaired) electrons. The van der Waals surface area contributed by atoms with Crippen LogP contribution in [0.15, 0.2) is 79.1 Å². The molecule has 4 heteroatoms. The van der Waals surface area contributed by atoms with E-state index in [1.807, 2.05) is 42.5 Å². The summed E-state index contributed by atoms with van der Waals surface area (Å²) in [6, 6.07) is 20.1. The maximum atomic E-state index is 14.3. The molecule has 1 heterocycles. The quantitative estimate of drug-likeness (QED) is 0.698. The van der Waals surface area contributed by atoms with Crippen LogP contribution >= 0.6 is 0 Å². The Morgan fingerprint density at radius 1 is 0.962 bits per heavy atom. The van der Waals surface area contributed by atoms with E-state index < -0.39 is 0 Å². The Labute approximate surface area is 152 Å². The number of hydrogen-bond acceptors (Lipinski definition) is 2. The lowest BCUT2D eigenvalue weighted by Crippen LogP contribution is -2.27. The normalized spacial score (nSPS) is 11.7. The van der Waals surface area contributed by atoms with Crippen LogP contribution in [0.3, 0.4) is 0 Å². The number of pyridine rings is 1. The average Bonchev–Trinajstić information content (AvgIpc) is 2.68. The van der Waals surface area contributed by atoms with Crippen LogP contribution in [0.5, 0.6) is 0 Å². The van der Waals surface area contributed by atoms with E-state index in [0.29, 0.717) is 12.1 Å². The highest BCUT2D eigenvalue weighted by Crippen LogP contribution is 2.29. The lowest BCUT2D eigenvalue weighted by atomic mass is 9.88. The molecule has 0 bridgehead atoms. The Kier molecular flexibility index (Phi) is 6.09. The van der Waals surface area contributed by atoms with E-state index in [-0.39, 0.29) is 24.1 Å². The topological polar surface area (TPSA) is 42.0 Å². The summed E-state index contributed by atoms with van der Waals surface area (Å²) >= 11 is 0. The molecule has 0 aliphatic rings. The zero-order valence-corrected chi connectivity index (χ0v) is 14.4. The molecule has 1 amide bonds. The predicted octanol–water partition coefficient (Wildman–Crippen LogP) is 4.10. The minimum absolute atomic E-state index is 0.0869. The van der Waals surface area contributed by atoms with Gasteiger partial charge in [0, 0.05) is 31.3 Å². The Bertz CT molecular complexity index is 837. The van der Waals surface area contributed by atoms with Gasteiger partial charge in [-0.25, -0.2) is 4.39 Å². The molecule has 3 aromatic rings. The van der Waals surface area contributed by atoms with E-state index in [1.54, 1.807) is 30.6 Å². The van der Waals surface area contributed by atoms with Crippen LogP contribution in [0.2, 0.25) is 0 Å². The summed E-state index contributed by atoms with van der Waals surface area (Å²) in [7, 11) is 0. The van der Waals surface area contributed by atoms with Crippen molar-refractivity contribution in [1.29, 1.82) is 0 Å². The highest BCUT2D eigenvalue weighted by molar-refractivity contribution is 5.77. The van der Waals surface area contributed by atoms with Crippen molar-refractivity contribution in [3.05, 3.63) is 102 Å². The molecule has 0 aliphatic carbocycles. The standard InChI is InChI=1S/C22H21FN2O/c23-21-9-5-4-8-19(21)20(18-6-2-1-3-7-18)16-22(26)25-15-12-17-10-13-24-14-11-17/h1-11,13-14,20H,12,15-16H2,(H,25,26)/t20-/m0/s1. The largest absolute Gasteiger partial charge is 0.356 e. The third-order valence-corrected chi connectivity index (χ3v) is 4.36. The number of carbonyl (C=O) groups is 1. The lowest BCUT2D eigenvalue weighted by Gasteiger charge is -2.18. The van der Waals surface area contributed by atoms with Crippen LogP contribution in [-0.4, -0.2) is 17.4 Å². The van der Waals surface area contributed by atoms with Crippen LogP contribution in [-0.2, 0) is 11.2 Å². The second-order valence-corrected chi connectivity index (χ2v) is 6.14. The van der Waals surface area contributed by atoms with Crippen molar-refractivity contribution in [3.8, 4) is 0 Å². The number of amides is 1. The van der Waals surface area contributed by atoms with Gasteiger partial charge in [-0.2, -0.15) is 0 Å². The molecular weight excluding hydrogens is 327 g/mol. The third kappa shape index (κ3) is 4.76. The highest BCUT2D eigenvalue weighted by atomic mass is 19.1. The van der Waals surface area contributed by atoms with Gasteiger partial charge in [-0.05, 0) is 41.3 Å². The van der Waals surface area contributed by atoms with Crippen LogP contribution in [0, 0.1) is 5.82 Å². The van der Waals surface area contributed by atoms with Crippen molar-refractivity contribution < 1.29 is 9.18 Å². The monoisotopic (exact) mass is 348 g/mol. The van der Waals surface area contributed by atoms with E-state index in [0.717, 1.165) is 17.5 Å². The molecule has 0 aliphatic heterocycles. The van der Waals surface area contributed by atoms with Gasteiger partial charge in [0.1, 0.15) is 5.82 Å². The minimum atomic E-state index is -0.307. The number of hydrogen-bond donors (Lipinski definition) is 1. The van der Waals surface area contributed by atoms with Crippen molar-refractivity contribution in [2.45, 2.75) is 18.8 Å². The molecule has 0 spiro atoms. The highest BCUT2D eigenvalue weighted by Gasteiger charge is 2.20. The first-order valence-corrected chi connectivity index (χ1v) is 8.69. The molecule has 132 valence electrons. The first kappa shape index (κ1) is 17.8. The molecule has 0 saturated heterocycles. The SMILES string of the molecule is O=C(C[C@@H](c1ccccc1)c1ccccc1F)NCCc1ccncc1. The van der Waals surface area contributed by atoms with Gasteiger partial charge < -0.3 is 5.32 Å². The van der Waals surface area contributed by atoms with Crippen molar-refractivity contribution in [1.82, 2.24) is 10.3 Å². The smallest absolute Gasteiger partial charge is 0.220 e. The van der Waals surface area contributed by atoms with E-state index >= 15 is 0 Å². The lowest BCUT2D eigenvalue weighted by molar-refractivity contribution is -0.121. The maximum Gasteiger partial charge on any atom is 0.220 e. The van der Waals surface area contributed by atoms with Gasteiger partial charge >= 0.3 is 0 Å². The van der Waals surface area contributed by atoms with E-state index in [1.165, 1.54) is 6.07 Å². The number of nitrogens with zero attached hydrogens (tertiary/aromatic N) is 1. The van der Waals surface area contributed by atoms with Gasteiger partial charge in [-0.15, -0.1) is 0 Å². The second-order valence-electron chi connectivity index (χ2n) is 6.14. The molecule has 1 N–H and O–H groups in total. The molecule has 0 fully saturated rings. The zero-order valence-electron chi connectivity index (χ0n) is 14.4. The number of nitrogens with one attached hydrogen (secondary N) is 1. The molecule has 1 atom stereocenters. The van der Waals surface area contributed by atoms with E-state index in [9.17, 15) is 9.18 Å². The summed E-state index contributed by atoms with van der Waals surface area (Å²) in [4.78, 5) is 16.4. The van der Waals surface area contributed by atoms with Crippen molar-refractivity contribution in [2.75, 3.05) is 6.54 Å². The van der Waals surface area contributed by atoms with Crippen molar-refractivity contribution in [2.24, 2.45) is 0 Å². The van der Waals surface area contributed by atoms with E-state index in [2.05, 4.69) is 10.3 Å². The summed E-state index contributed by atoms with van der Waals surface area (Å²) in [6.07, 6.45) is 4.42. The predicted molar refractivity (Wildman–Crippen MR) is 100 cm³/mol. The van der Waals surface area contributed by atoms with Gasteiger partial charge in [-0.1, -0.05) is 48.5 Å². The fourth-order valence-electron chi connectivity index (χ4n) is 3.00. The minimum Gasteiger partial charge on any atom is -0.356 e. The van der Waals surface area contributed by atoms with Gasteiger partial charge in [0.15, 0.2) is 0 Å². The van der Waals surface area contributed by atoms with Crippen molar-refractivity contribution >= 4 is 5.91 Å². The Hall–Kier alpha value is -3.01. The zero-order chi connectivity index (χ0) is 18.2. The van der Waals surface area contributed by atoms with Gasteiger partial charge in [-0.3, -0.25) is 9.78 Å². The van der Waals surface area contributed by atoms with Gasteiger partial charge in [0.05, 0.1) is 0 Å². The maximum absolute atomic E-state index is 14.3. The number of rotatable bonds is 7. The molecule has 26 heavy (non-hydrogen) atoms. The second kappa shape index (κ2) is 8.90. The number of aromatic nitrogens is 1. The van der Waals surface area contributed by atoms with Crippen LogP contribution < -0.4 is 5.32 Å². The molecule has 3 rings (SSSR count). The molecule has 0 unspecified atom stereocenters. The van der Waals surface area contributed by atoms with Gasteiger partial charge in [0.2, 0.25) is 5.91 Å². The summed E-state index contributed by atoms with van der Waals surface area (Å²) in [5, 5.41) is 2.94. The molecule has 2 aromatic carbocycles. The van der Waals surface area contributed by atoms with Crippen LogP contribution in [0.4, 0.5) is 4.39 Å². The average molecular weight is 348 g/mol. The fourth-order valence-corrected chi connectivity index (χ4v) is 3.00. The molecule has 3 nitrogen and oxygen atoms in total. The summed E-state index contributed by atoms with van der Waals surface area (Å²) < 4.78 is 14.3. The van der Waals surface area contributed by atoms with Crippen LogP contribution in [0.25, 0.3) is 0 Å². The summed E-state index contributed by atoms with van der Waals surface area (Å²) in [5.41, 5.74) is 2.60. The molecular formula is C22H21FN2O. The van der Waals surface area contributed by atoms with Crippen LogP contribution in [0.1, 0.15) is 29.0 Å². The number of carbonyl (C=O) groups excluding carboxylic acids is 1. The van der Waals surface area contributed by atoms with Gasteiger partial charge in [0.25, 0.3) is 0 Å². The Morgan fingerprint density at radius 2 is 1.65 bits per heavy atom. The molecule has 1 aromatic heterocycles. The first-order valence-electron chi connectivity index (χ1n) is 8.69. The van der Waals surface area contributed by atoms with Crippen molar-refractivity contribution in [3.63, 3.8) is 0 Å². The Morgan fingerprint density at radius 3 is 2.38 bits per heavy atom. The first-order chi connectivity index (χ1) is 12.7. The summed E-state index contributed by atoms with van der Waals surface area (Å²) in [6.45, 7) is 0.543. The molecule has 0 saturated carbocycles. The number of benzene rings is 2. The summed E-state index contributed by atoms with van der Waals surface area (Å²) in [5.74, 6) is -0.680. The third-order valence-electron chi connectivity index (χ3n) is 4.36. The Balaban J connectivity index is 1.68. The van der Waals surface area contributed by atoms with E-state index in [4.69, 9.17) is 0 Å². The number of halogens is 1.